The average molecular weight is 226 g/mol. The van der Waals surface area contributed by atoms with Crippen LogP contribution in [0.4, 0.5) is 0 Å². The molecule has 0 saturated heterocycles. The Morgan fingerprint density at radius 2 is 1.12 bits per heavy atom. The summed E-state index contributed by atoms with van der Waals surface area (Å²) >= 11 is 0. The third-order valence-electron chi connectivity index (χ3n) is 3.42. The van der Waals surface area contributed by atoms with Gasteiger partial charge in [-0.15, -0.1) is 0 Å². The molecule has 2 heteroatoms. The minimum absolute atomic E-state index is 0.331. The lowest BCUT2D eigenvalue weighted by Crippen LogP contribution is -1.91. The molecule has 0 atom stereocenters. The summed E-state index contributed by atoms with van der Waals surface area (Å²) in [6, 6.07) is 11.2. The van der Waals surface area contributed by atoms with E-state index in [0.29, 0.717) is 11.5 Å². The fourth-order valence-electron chi connectivity index (χ4n) is 2.51. The monoisotopic (exact) mass is 226 g/mol. The van der Waals surface area contributed by atoms with Gasteiger partial charge in [0.2, 0.25) is 0 Å². The first-order valence-electron chi connectivity index (χ1n) is 5.84. The minimum Gasteiger partial charge on any atom is -0.508 e. The van der Waals surface area contributed by atoms with Crippen molar-refractivity contribution >= 4 is 0 Å². The van der Waals surface area contributed by atoms with Gasteiger partial charge in [-0.05, 0) is 65.8 Å². The van der Waals surface area contributed by atoms with Gasteiger partial charge in [0.05, 0.1) is 0 Å². The van der Waals surface area contributed by atoms with Crippen molar-refractivity contribution in [1.29, 1.82) is 0 Å². The van der Waals surface area contributed by atoms with E-state index in [9.17, 15) is 10.2 Å². The molecule has 2 nitrogen and oxygen atoms in total. The van der Waals surface area contributed by atoms with Gasteiger partial charge in [-0.1, -0.05) is 12.1 Å². The molecule has 17 heavy (non-hydrogen) atoms. The van der Waals surface area contributed by atoms with Crippen LogP contribution in [0.2, 0.25) is 0 Å². The molecule has 2 aromatic carbocycles. The molecule has 0 saturated carbocycles. The number of phenolic OH excluding ortho intramolecular Hbond substituents is 2. The van der Waals surface area contributed by atoms with Crippen molar-refractivity contribution in [3.8, 4) is 11.5 Å². The third kappa shape index (κ3) is 1.86. The number of aromatic hydroxyl groups is 2. The highest BCUT2D eigenvalue weighted by Gasteiger charge is 2.13. The number of hydrogen-bond acceptors (Lipinski definition) is 2. The summed E-state index contributed by atoms with van der Waals surface area (Å²) in [6.45, 7) is 0. The summed E-state index contributed by atoms with van der Waals surface area (Å²) in [7, 11) is 0. The van der Waals surface area contributed by atoms with E-state index in [0.717, 1.165) is 19.3 Å². The smallest absolute Gasteiger partial charge is 0.115 e. The molecule has 2 N–H and O–H groups in total. The van der Waals surface area contributed by atoms with E-state index in [4.69, 9.17) is 0 Å². The number of fused-ring (bicyclic) bond motifs is 2. The molecule has 0 heterocycles. The van der Waals surface area contributed by atoms with Crippen LogP contribution >= 0.6 is 0 Å². The van der Waals surface area contributed by atoms with Gasteiger partial charge in [0.1, 0.15) is 11.5 Å². The van der Waals surface area contributed by atoms with Crippen LogP contribution in [0, 0.1) is 0 Å². The van der Waals surface area contributed by atoms with Crippen molar-refractivity contribution in [3.05, 3.63) is 58.7 Å². The zero-order valence-corrected chi connectivity index (χ0v) is 9.48. The van der Waals surface area contributed by atoms with Gasteiger partial charge >= 0.3 is 0 Å². The van der Waals surface area contributed by atoms with Crippen LogP contribution in [0.3, 0.4) is 0 Å². The molecule has 0 aliphatic heterocycles. The fourth-order valence-corrected chi connectivity index (χ4v) is 2.51. The Bertz CT molecular complexity index is 522. The highest BCUT2D eigenvalue weighted by Crippen LogP contribution is 2.28. The second kappa shape index (κ2) is 3.81. The Balaban J connectivity index is 2.07. The zero-order chi connectivity index (χ0) is 11.8. The molecule has 0 bridgehead atoms. The first-order valence-corrected chi connectivity index (χ1v) is 5.84. The number of benzene rings is 2. The largest absolute Gasteiger partial charge is 0.508 e. The second-order valence-corrected chi connectivity index (χ2v) is 4.58. The fraction of sp³-hybridized carbons (Fsp3) is 0.200. The lowest BCUT2D eigenvalue weighted by atomic mass is 10.0. The molecular weight excluding hydrogens is 212 g/mol. The van der Waals surface area contributed by atoms with Gasteiger partial charge in [0, 0.05) is 0 Å². The quantitative estimate of drug-likeness (QED) is 0.725. The molecule has 1 aliphatic rings. The van der Waals surface area contributed by atoms with E-state index in [1.54, 1.807) is 12.1 Å². The van der Waals surface area contributed by atoms with Crippen LogP contribution in [-0.2, 0) is 19.3 Å². The van der Waals surface area contributed by atoms with Crippen LogP contribution in [-0.4, -0.2) is 10.2 Å². The normalized spacial score (nSPS) is 13.6. The van der Waals surface area contributed by atoms with Gasteiger partial charge in [0.15, 0.2) is 0 Å². The van der Waals surface area contributed by atoms with Crippen molar-refractivity contribution in [2.45, 2.75) is 19.3 Å². The molecule has 3 rings (SSSR count). The molecule has 2 aromatic rings. The number of hydrogen-bond donors (Lipinski definition) is 2. The van der Waals surface area contributed by atoms with E-state index in [-0.39, 0.29) is 0 Å². The van der Waals surface area contributed by atoms with Gasteiger partial charge in [-0.2, -0.15) is 0 Å². The van der Waals surface area contributed by atoms with E-state index in [2.05, 4.69) is 0 Å². The number of rotatable bonds is 0. The van der Waals surface area contributed by atoms with Crippen molar-refractivity contribution in [2.24, 2.45) is 0 Å². The Labute approximate surface area is 100 Å². The molecular formula is C15H14O2. The van der Waals surface area contributed by atoms with E-state index in [1.807, 2.05) is 24.3 Å². The standard InChI is InChI=1S/C15H14O2/c16-14-5-3-10-7-11-4-6-15(17)9-13(11)2-1-12(10)8-14/h3-6,8-9,16-17H,1-2,7H2. The summed E-state index contributed by atoms with van der Waals surface area (Å²) < 4.78 is 0. The highest BCUT2D eigenvalue weighted by atomic mass is 16.3. The molecule has 0 radical (unpaired) electrons. The van der Waals surface area contributed by atoms with E-state index < -0.39 is 0 Å². The molecule has 0 amide bonds. The average Bonchev–Trinajstić information content (AvgIpc) is 2.48. The molecule has 0 unspecified atom stereocenters. The maximum Gasteiger partial charge on any atom is 0.115 e. The molecule has 1 aliphatic carbocycles. The molecule has 86 valence electrons. The van der Waals surface area contributed by atoms with Crippen LogP contribution in [0.15, 0.2) is 36.4 Å². The lowest BCUT2D eigenvalue weighted by Gasteiger charge is -2.06. The number of aryl methyl sites for hydroxylation is 2. The van der Waals surface area contributed by atoms with Gasteiger partial charge in [-0.25, -0.2) is 0 Å². The van der Waals surface area contributed by atoms with Gasteiger partial charge < -0.3 is 10.2 Å². The summed E-state index contributed by atoms with van der Waals surface area (Å²) in [5.41, 5.74) is 4.96. The molecule has 0 fully saturated rings. The van der Waals surface area contributed by atoms with E-state index in [1.165, 1.54) is 22.3 Å². The predicted molar refractivity (Wildman–Crippen MR) is 66.4 cm³/mol. The maximum atomic E-state index is 9.50. The SMILES string of the molecule is Oc1ccc2c(c1)CCc1cc(O)ccc1C2. The molecule has 0 aromatic heterocycles. The maximum absolute atomic E-state index is 9.50. The first-order chi connectivity index (χ1) is 8.22. The van der Waals surface area contributed by atoms with Gasteiger partial charge in [0.25, 0.3) is 0 Å². The highest BCUT2D eigenvalue weighted by molar-refractivity contribution is 5.45. The Morgan fingerprint density at radius 3 is 1.59 bits per heavy atom. The van der Waals surface area contributed by atoms with Crippen LogP contribution in [0.5, 0.6) is 11.5 Å². The lowest BCUT2D eigenvalue weighted by molar-refractivity contribution is 0.473. The van der Waals surface area contributed by atoms with Crippen LogP contribution in [0.25, 0.3) is 0 Å². The zero-order valence-electron chi connectivity index (χ0n) is 9.48. The van der Waals surface area contributed by atoms with Crippen molar-refractivity contribution in [2.75, 3.05) is 0 Å². The summed E-state index contributed by atoms with van der Waals surface area (Å²) in [5, 5.41) is 19.0. The Hall–Kier alpha value is -1.96. The second-order valence-electron chi connectivity index (χ2n) is 4.58. The third-order valence-corrected chi connectivity index (χ3v) is 3.42. The van der Waals surface area contributed by atoms with E-state index >= 15 is 0 Å². The molecule has 0 spiro atoms. The first kappa shape index (κ1) is 10.2. The van der Waals surface area contributed by atoms with Crippen LogP contribution < -0.4 is 0 Å². The predicted octanol–water partition coefficient (Wildman–Crippen LogP) is 2.79. The number of phenols is 2. The summed E-state index contributed by atoms with van der Waals surface area (Å²) in [5.74, 6) is 0.662. The topological polar surface area (TPSA) is 40.5 Å². The van der Waals surface area contributed by atoms with Crippen molar-refractivity contribution < 1.29 is 10.2 Å². The Morgan fingerprint density at radius 1 is 0.647 bits per heavy atom. The van der Waals surface area contributed by atoms with Crippen molar-refractivity contribution in [1.82, 2.24) is 0 Å². The minimum atomic E-state index is 0.331. The van der Waals surface area contributed by atoms with Crippen molar-refractivity contribution in [3.63, 3.8) is 0 Å². The Kier molecular flexibility index (Phi) is 2.29. The summed E-state index contributed by atoms with van der Waals surface area (Å²) in [6.07, 6.45) is 2.71. The van der Waals surface area contributed by atoms with Crippen LogP contribution in [0.1, 0.15) is 22.3 Å². The van der Waals surface area contributed by atoms with Gasteiger partial charge in [-0.3, -0.25) is 0 Å². The summed E-state index contributed by atoms with van der Waals surface area (Å²) in [4.78, 5) is 0.